The van der Waals surface area contributed by atoms with Crippen molar-refractivity contribution in [3.8, 4) is 0 Å². The van der Waals surface area contributed by atoms with Gasteiger partial charge in [-0.15, -0.1) is 0 Å². The summed E-state index contributed by atoms with van der Waals surface area (Å²) in [6.45, 7) is 3.39. The molecule has 8 heteroatoms. The summed E-state index contributed by atoms with van der Waals surface area (Å²) in [5, 5.41) is 2.56. The van der Waals surface area contributed by atoms with E-state index in [1.807, 2.05) is 0 Å². The number of hydrogen-bond donors (Lipinski definition) is 4. The molecule has 0 aliphatic rings. The summed E-state index contributed by atoms with van der Waals surface area (Å²) >= 11 is 0. The monoisotopic (exact) mass is 252 g/mol. The van der Waals surface area contributed by atoms with Crippen LogP contribution in [0.15, 0.2) is 12.4 Å². The quantitative estimate of drug-likeness (QED) is 0.392. The van der Waals surface area contributed by atoms with Crippen LogP contribution in [-0.4, -0.2) is 28.3 Å². The van der Waals surface area contributed by atoms with Crippen LogP contribution >= 0.6 is 0 Å². The van der Waals surface area contributed by atoms with Crippen LogP contribution in [-0.2, 0) is 4.79 Å². The Labute approximate surface area is 104 Å². The number of nitrogen functional groups attached to an aromatic ring is 1. The molecule has 0 aliphatic heterocycles. The molecule has 0 spiro atoms. The Morgan fingerprint density at radius 3 is 2.61 bits per heavy atom. The Balaban J connectivity index is 2.68. The molecule has 0 radical (unpaired) electrons. The zero-order valence-electron chi connectivity index (χ0n) is 10.2. The normalized spacial score (nSPS) is 10.8. The number of anilines is 1. The molecule has 6 N–H and O–H groups in total. The Morgan fingerprint density at radius 2 is 2.06 bits per heavy atom. The second kappa shape index (κ2) is 5.41. The molecule has 0 aromatic carbocycles. The third-order valence-corrected chi connectivity index (χ3v) is 2.37. The van der Waals surface area contributed by atoms with Gasteiger partial charge < -0.3 is 16.5 Å². The lowest BCUT2D eigenvalue weighted by Crippen LogP contribution is -2.42. The zero-order chi connectivity index (χ0) is 13.8. The molecule has 1 aromatic heterocycles. The van der Waals surface area contributed by atoms with Gasteiger partial charge in [0.05, 0.1) is 17.8 Å². The Bertz CT molecular complexity index is 459. The van der Waals surface area contributed by atoms with Crippen molar-refractivity contribution < 1.29 is 9.59 Å². The molecule has 0 atom stereocenters. The third-order valence-electron chi connectivity index (χ3n) is 2.37. The molecule has 0 bridgehead atoms. The van der Waals surface area contributed by atoms with Crippen LogP contribution in [0.4, 0.5) is 5.82 Å². The second-order valence-corrected chi connectivity index (χ2v) is 4.36. The first kappa shape index (κ1) is 13.8. The van der Waals surface area contributed by atoms with Crippen molar-refractivity contribution in [2.24, 2.45) is 17.0 Å². The number of hydrogen-bond acceptors (Lipinski definition) is 6. The summed E-state index contributed by atoms with van der Waals surface area (Å²) in [5.74, 6) is 4.49. The fourth-order valence-electron chi connectivity index (χ4n) is 1.02. The van der Waals surface area contributed by atoms with Crippen LogP contribution in [0.2, 0.25) is 0 Å². The van der Waals surface area contributed by atoms with E-state index in [0.29, 0.717) is 0 Å². The van der Waals surface area contributed by atoms with Crippen molar-refractivity contribution >= 4 is 17.6 Å². The molecule has 18 heavy (non-hydrogen) atoms. The summed E-state index contributed by atoms with van der Waals surface area (Å²) in [6, 6.07) is 0. The van der Waals surface area contributed by atoms with Gasteiger partial charge in [-0.3, -0.25) is 14.6 Å². The standard InChI is InChI=1S/C10H16N6O2/c1-10(2,9(11)18)5-14-8(17)6-3-13-4-7(15-6)16-12/h3-4H,5,12H2,1-2H3,(H2,11,18)(H,14,17)(H,15,16). The average molecular weight is 252 g/mol. The fourth-order valence-corrected chi connectivity index (χ4v) is 1.02. The number of primary amides is 1. The highest BCUT2D eigenvalue weighted by Crippen LogP contribution is 2.12. The number of rotatable bonds is 5. The first-order chi connectivity index (χ1) is 8.36. The van der Waals surface area contributed by atoms with Crippen LogP contribution in [0.5, 0.6) is 0 Å². The van der Waals surface area contributed by atoms with Gasteiger partial charge >= 0.3 is 0 Å². The molecule has 98 valence electrons. The highest BCUT2D eigenvalue weighted by molar-refractivity contribution is 5.92. The van der Waals surface area contributed by atoms with Gasteiger partial charge in [-0.05, 0) is 13.8 Å². The lowest BCUT2D eigenvalue weighted by molar-refractivity contribution is -0.125. The van der Waals surface area contributed by atoms with E-state index in [2.05, 4.69) is 20.7 Å². The van der Waals surface area contributed by atoms with Crippen molar-refractivity contribution in [2.45, 2.75) is 13.8 Å². The van der Waals surface area contributed by atoms with E-state index in [-0.39, 0.29) is 18.1 Å². The van der Waals surface area contributed by atoms with Crippen LogP contribution in [0.25, 0.3) is 0 Å². The largest absolute Gasteiger partial charge is 0.369 e. The number of carbonyl (C=O) groups excluding carboxylic acids is 2. The van der Waals surface area contributed by atoms with E-state index >= 15 is 0 Å². The number of nitrogens with one attached hydrogen (secondary N) is 2. The van der Waals surface area contributed by atoms with Crippen molar-refractivity contribution in [1.29, 1.82) is 0 Å². The van der Waals surface area contributed by atoms with Crippen molar-refractivity contribution in [3.63, 3.8) is 0 Å². The minimum atomic E-state index is -0.827. The minimum Gasteiger partial charge on any atom is -0.369 e. The first-order valence-corrected chi connectivity index (χ1v) is 5.23. The maximum atomic E-state index is 11.7. The Kier molecular flexibility index (Phi) is 4.16. The summed E-state index contributed by atoms with van der Waals surface area (Å²) in [7, 11) is 0. The summed E-state index contributed by atoms with van der Waals surface area (Å²) in [6.07, 6.45) is 2.68. The maximum Gasteiger partial charge on any atom is 0.271 e. The smallest absolute Gasteiger partial charge is 0.271 e. The molecule has 2 amide bonds. The molecular weight excluding hydrogens is 236 g/mol. The highest BCUT2D eigenvalue weighted by Gasteiger charge is 2.25. The van der Waals surface area contributed by atoms with Gasteiger partial charge in [0.1, 0.15) is 5.69 Å². The van der Waals surface area contributed by atoms with Gasteiger partial charge in [0.2, 0.25) is 5.91 Å². The van der Waals surface area contributed by atoms with Crippen LogP contribution in [0.3, 0.4) is 0 Å². The summed E-state index contributed by atoms with van der Waals surface area (Å²) in [5.41, 5.74) is 6.76. The van der Waals surface area contributed by atoms with Gasteiger partial charge in [-0.2, -0.15) is 0 Å². The summed E-state index contributed by atoms with van der Waals surface area (Å²) < 4.78 is 0. The van der Waals surface area contributed by atoms with E-state index in [1.165, 1.54) is 12.4 Å². The van der Waals surface area contributed by atoms with E-state index in [0.717, 1.165) is 0 Å². The summed E-state index contributed by atoms with van der Waals surface area (Å²) in [4.78, 5) is 30.5. The first-order valence-electron chi connectivity index (χ1n) is 5.23. The van der Waals surface area contributed by atoms with E-state index in [1.54, 1.807) is 13.8 Å². The average Bonchev–Trinajstić information content (AvgIpc) is 2.36. The van der Waals surface area contributed by atoms with E-state index in [4.69, 9.17) is 11.6 Å². The number of hydrazine groups is 1. The molecule has 0 fully saturated rings. The number of nitrogens with zero attached hydrogens (tertiary/aromatic N) is 2. The number of nitrogens with two attached hydrogens (primary N) is 2. The number of aromatic nitrogens is 2. The lowest BCUT2D eigenvalue weighted by Gasteiger charge is -2.20. The van der Waals surface area contributed by atoms with Crippen molar-refractivity contribution in [1.82, 2.24) is 15.3 Å². The molecule has 0 saturated carbocycles. The van der Waals surface area contributed by atoms with Gasteiger partial charge in [-0.1, -0.05) is 0 Å². The lowest BCUT2D eigenvalue weighted by atomic mass is 9.93. The number of carbonyl (C=O) groups is 2. The predicted octanol–water partition coefficient (Wildman–Crippen LogP) is -0.996. The number of amides is 2. The Hall–Kier alpha value is -2.22. The topological polar surface area (TPSA) is 136 Å². The molecule has 8 nitrogen and oxygen atoms in total. The molecule has 1 rings (SSSR count). The molecule has 1 heterocycles. The second-order valence-electron chi connectivity index (χ2n) is 4.36. The van der Waals surface area contributed by atoms with E-state index in [9.17, 15) is 9.59 Å². The van der Waals surface area contributed by atoms with Crippen LogP contribution < -0.4 is 22.3 Å². The third kappa shape index (κ3) is 3.39. The molecule has 0 saturated heterocycles. The van der Waals surface area contributed by atoms with Crippen LogP contribution in [0, 0.1) is 5.41 Å². The SMILES string of the molecule is CC(C)(CNC(=O)c1cncc(NN)n1)C(N)=O. The Morgan fingerprint density at radius 1 is 1.39 bits per heavy atom. The van der Waals surface area contributed by atoms with Crippen molar-refractivity contribution in [2.75, 3.05) is 12.0 Å². The zero-order valence-corrected chi connectivity index (χ0v) is 10.2. The van der Waals surface area contributed by atoms with Gasteiger partial charge in [-0.25, -0.2) is 10.8 Å². The van der Waals surface area contributed by atoms with E-state index < -0.39 is 17.2 Å². The van der Waals surface area contributed by atoms with Gasteiger partial charge in [0.25, 0.3) is 5.91 Å². The van der Waals surface area contributed by atoms with Gasteiger partial charge in [0.15, 0.2) is 5.82 Å². The molecular formula is C10H16N6O2. The molecule has 0 aliphatic carbocycles. The minimum absolute atomic E-state index is 0.103. The maximum absolute atomic E-state index is 11.7. The van der Waals surface area contributed by atoms with Gasteiger partial charge in [0, 0.05) is 6.54 Å². The van der Waals surface area contributed by atoms with Crippen LogP contribution in [0.1, 0.15) is 24.3 Å². The molecule has 1 aromatic rings. The predicted molar refractivity (Wildman–Crippen MR) is 65.2 cm³/mol. The highest BCUT2D eigenvalue weighted by atomic mass is 16.2. The fraction of sp³-hybridized carbons (Fsp3) is 0.400. The molecule has 0 unspecified atom stereocenters. The van der Waals surface area contributed by atoms with Crippen molar-refractivity contribution in [3.05, 3.63) is 18.1 Å².